The Labute approximate surface area is 172 Å². The standard InChI is InChI=1S/C25H16N2O3/c28-24-21-14-6-7-15-22(21)25(29)26(24)23(27(30)18-11-2-1-3-12-18)20-16-8-10-17-9-4-5-13-19(17)20/h1-16H/b27-23-. The van der Waals surface area contributed by atoms with Crippen molar-refractivity contribution in [1.82, 2.24) is 4.90 Å². The summed E-state index contributed by atoms with van der Waals surface area (Å²) in [5, 5.41) is 15.2. The molecule has 0 bridgehead atoms. The number of hydrogen-bond acceptors (Lipinski definition) is 3. The lowest BCUT2D eigenvalue weighted by molar-refractivity contribution is -0.365. The fourth-order valence-electron chi connectivity index (χ4n) is 3.81. The maximum Gasteiger partial charge on any atom is 0.349 e. The molecule has 1 aliphatic rings. The van der Waals surface area contributed by atoms with Gasteiger partial charge in [-0.3, -0.25) is 0 Å². The maximum atomic E-state index is 13.6. The van der Waals surface area contributed by atoms with E-state index in [2.05, 4.69) is 0 Å². The van der Waals surface area contributed by atoms with Crippen molar-refractivity contribution in [2.45, 2.75) is 0 Å². The Morgan fingerprint density at radius 2 is 1.23 bits per heavy atom. The fourth-order valence-corrected chi connectivity index (χ4v) is 3.81. The van der Waals surface area contributed by atoms with E-state index in [1.165, 1.54) is 0 Å². The zero-order valence-electron chi connectivity index (χ0n) is 15.9. The van der Waals surface area contributed by atoms with E-state index in [1.54, 1.807) is 60.7 Å². The lowest BCUT2D eigenvalue weighted by atomic mass is 10.0. The molecule has 0 fully saturated rings. The van der Waals surface area contributed by atoms with Gasteiger partial charge in [-0.05, 0) is 41.1 Å². The Kier molecular flexibility index (Phi) is 4.14. The first kappa shape index (κ1) is 17.8. The molecule has 0 radical (unpaired) electrons. The molecule has 0 unspecified atom stereocenters. The van der Waals surface area contributed by atoms with Crippen molar-refractivity contribution in [3.63, 3.8) is 0 Å². The minimum absolute atomic E-state index is 0.01000. The monoisotopic (exact) mass is 392 g/mol. The summed E-state index contributed by atoms with van der Waals surface area (Å²) >= 11 is 0. The van der Waals surface area contributed by atoms with Crippen LogP contribution in [0.4, 0.5) is 5.69 Å². The molecule has 30 heavy (non-hydrogen) atoms. The van der Waals surface area contributed by atoms with E-state index < -0.39 is 11.8 Å². The quantitative estimate of drug-likeness (QED) is 0.124. The van der Waals surface area contributed by atoms with Crippen molar-refractivity contribution in [2.75, 3.05) is 0 Å². The van der Waals surface area contributed by atoms with Crippen molar-refractivity contribution >= 4 is 34.1 Å². The molecule has 0 saturated heterocycles. The van der Waals surface area contributed by atoms with Crippen LogP contribution >= 0.6 is 0 Å². The first-order valence-corrected chi connectivity index (χ1v) is 9.52. The summed E-state index contributed by atoms with van der Waals surface area (Å²) in [5.41, 5.74) is 1.43. The SMILES string of the molecule is O=C1c2ccccc2C(=O)N1/C(c1cccc2ccccc12)=[N+](\[O-])c1ccccc1. The van der Waals surface area contributed by atoms with E-state index in [1.807, 2.05) is 36.4 Å². The second-order valence-electron chi connectivity index (χ2n) is 6.97. The van der Waals surface area contributed by atoms with Crippen LogP contribution in [0.2, 0.25) is 0 Å². The average molecular weight is 392 g/mol. The molecule has 1 heterocycles. The van der Waals surface area contributed by atoms with Gasteiger partial charge >= 0.3 is 17.6 Å². The Morgan fingerprint density at radius 3 is 1.93 bits per heavy atom. The summed E-state index contributed by atoms with van der Waals surface area (Å²) < 4.78 is 0.656. The van der Waals surface area contributed by atoms with Gasteiger partial charge in [-0.15, -0.1) is 4.90 Å². The Hall–Kier alpha value is -4.25. The number of nitrogens with zero attached hydrogens (tertiary/aromatic N) is 2. The van der Waals surface area contributed by atoms with Gasteiger partial charge in [0, 0.05) is 0 Å². The van der Waals surface area contributed by atoms with Crippen molar-refractivity contribution in [1.29, 1.82) is 0 Å². The average Bonchev–Trinajstić information content (AvgIpc) is 3.05. The first-order chi connectivity index (χ1) is 14.7. The molecule has 5 nitrogen and oxygen atoms in total. The first-order valence-electron chi connectivity index (χ1n) is 9.52. The second kappa shape index (κ2) is 6.97. The molecule has 5 heteroatoms. The third-order valence-corrected chi connectivity index (χ3v) is 5.22. The summed E-state index contributed by atoms with van der Waals surface area (Å²) in [6, 6.07) is 28.3. The van der Waals surface area contributed by atoms with E-state index in [4.69, 9.17) is 0 Å². The second-order valence-corrected chi connectivity index (χ2v) is 6.97. The van der Waals surface area contributed by atoms with Crippen molar-refractivity contribution in [3.05, 3.63) is 119 Å². The molecule has 5 rings (SSSR count). The summed E-state index contributed by atoms with van der Waals surface area (Å²) in [7, 11) is 0. The number of rotatable bonds is 2. The zero-order valence-corrected chi connectivity index (χ0v) is 15.9. The maximum absolute atomic E-state index is 13.6. The third kappa shape index (κ3) is 2.68. The number of carbonyl (C=O) groups excluding carboxylic acids is 2. The van der Waals surface area contributed by atoms with Gasteiger partial charge in [-0.1, -0.05) is 66.7 Å². The number of imide groups is 1. The number of carbonyl (C=O) groups is 2. The molecule has 0 aromatic heterocycles. The highest BCUT2D eigenvalue weighted by molar-refractivity contribution is 6.32. The number of amides is 2. The molecule has 0 N–H and O–H groups in total. The van der Waals surface area contributed by atoms with Gasteiger partial charge in [0.2, 0.25) is 0 Å². The summed E-state index contributed by atoms with van der Waals surface area (Å²) in [4.78, 5) is 27.4. The van der Waals surface area contributed by atoms with Crippen LogP contribution in [0.3, 0.4) is 0 Å². The molecule has 2 amide bonds. The molecular weight excluding hydrogens is 376 g/mol. The van der Waals surface area contributed by atoms with Crippen molar-refractivity contribution in [3.8, 4) is 0 Å². The van der Waals surface area contributed by atoms with Crippen LogP contribution in [-0.2, 0) is 0 Å². The van der Waals surface area contributed by atoms with E-state index >= 15 is 0 Å². The lowest BCUT2D eigenvalue weighted by Gasteiger charge is -2.19. The number of para-hydroxylation sites is 1. The largest absolute Gasteiger partial charge is 0.710 e. The molecule has 1 aliphatic heterocycles. The topological polar surface area (TPSA) is 63.5 Å². The third-order valence-electron chi connectivity index (χ3n) is 5.22. The molecule has 0 aliphatic carbocycles. The molecule has 4 aromatic carbocycles. The molecule has 0 saturated carbocycles. The molecule has 4 aromatic rings. The van der Waals surface area contributed by atoms with Crippen LogP contribution in [-0.4, -0.2) is 27.3 Å². The molecule has 144 valence electrons. The molecule has 0 atom stereocenters. The number of amidine groups is 1. The van der Waals surface area contributed by atoms with Gasteiger partial charge in [0.15, 0.2) is 0 Å². The Morgan fingerprint density at radius 1 is 0.667 bits per heavy atom. The summed E-state index contributed by atoms with van der Waals surface area (Å²) in [5.74, 6) is -1.02. The van der Waals surface area contributed by atoms with Crippen LogP contribution in [0.1, 0.15) is 26.3 Å². The highest BCUT2D eigenvalue weighted by Crippen LogP contribution is 2.29. The summed E-state index contributed by atoms with van der Waals surface area (Å²) in [6.07, 6.45) is 0. The smallest absolute Gasteiger partial charge is 0.349 e. The number of hydrogen-bond donors (Lipinski definition) is 0. The fraction of sp³-hybridized carbons (Fsp3) is 0. The minimum Gasteiger partial charge on any atom is -0.710 e. The van der Waals surface area contributed by atoms with Crippen LogP contribution in [0.5, 0.6) is 0 Å². The van der Waals surface area contributed by atoms with Crippen molar-refractivity contribution in [2.24, 2.45) is 0 Å². The highest BCUT2D eigenvalue weighted by Gasteiger charge is 2.47. The minimum atomic E-state index is -0.504. The normalized spacial score (nSPS) is 14.1. The van der Waals surface area contributed by atoms with Gasteiger partial charge in [0.05, 0.1) is 16.7 Å². The van der Waals surface area contributed by atoms with Gasteiger partial charge in [-0.2, -0.15) is 0 Å². The van der Waals surface area contributed by atoms with E-state index in [-0.39, 0.29) is 5.84 Å². The number of benzene rings is 4. The van der Waals surface area contributed by atoms with Gasteiger partial charge < -0.3 is 5.21 Å². The molecular formula is C25H16N2O3. The van der Waals surface area contributed by atoms with E-state index in [0.29, 0.717) is 27.1 Å². The predicted molar refractivity (Wildman–Crippen MR) is 115 cm³/mol. The van der Waals surface area contributed by atoms with Gasteiger partial charge in [0.1, 0.15) is 5.69 Å². The van der Waals surface area contributed by atoms with E-state index in [9.17, 15) is 14.8 Å². The van der Waals surface area contributed by atoms with Crippen LogP contribution in [0.25, 0.3) is 10.8 Å². The van der Waals surface area contributed by atoms with Crippen molar-refractivity contribution < 1.29 is 14.3 Å². The van der Waals surface area contributed by atoms with Crippen LogP contribution in [0.15, 0.2) is 97.1 Å². The van der Waals surface area contributed by atoms with Crippen LogP contribution in [0, 0.1) is 5.21 Å². The highest BCUT2D eigenvalue weighted by atomic mass is 16.5. The predicted octanol–water partition coefficient (Wildman–Crippen LogP) is 4.72. The van der Waals surface area contributed by atoms with Gasteiger partial charge in [0.25, 0.3) is 0 Å². The molecule has 0 spiro atoms. The zero-order chi connectivity index (χ0) is 20.7. The van der Waals surface area contributed by atoms with Gasteiger partial charge in [-0.25, -0.2) is 14.3 Å². The Bertz CT molecular complexity index is 1300. The summed E-state index contributed by atoms with van der Waals surface area (Å²) in [6.45, 7) is 0. The van der Waals surface area contributed by atoms with E-state index in [0.717, 1.165) is 15.7 Å². The van der Waals surface area contributed by atoms with Crippen LogP contribution < -0.4 is 0 Å². The Balaban J connectivity index is 1.82. The lowest BCUT2D eigenvalue weighted by Crippen LogP contribution is -2.40. The number of fused-ring (bicyclic) bond motifs is 2.